The number of nitrogens with zero attached hydrogens (tertiary/aromatic N) is 5. The molecule has 1 aliphatic rings. The van der Waals surface area contributed by atoms with E-state index in [0.717, 1.165) is 4.80 Å². The molecule has 26 heavy (non-hydrogen) atoms. The van der Waals surface area contributed by atoms with Crippen molar-refractivity contribution in [2.24, 2.45) is 0 Å². The van der Waals surface area contributed by atoms with Gasteiger partial charge in [-0.2, -0.15) is 4.80 Å². The number of nitrogens with one attached hydrogen (secondary N) is 2. The number of carbonyl (C=O) groups is 2. The third kappa shape index (κ3) is 4.59. The number of hydrazine groups is 1. The molecule has 0 aliphatic carbocycles. The van der Waals surface area contributed by atoms with Gasteiger partial charge in [0.2, 0.25) is 0 Å². The van der Waals surface area contributed by atoms with Gasteiger partial charge in [0, 0.05) is 18.1 Å². The first kappa shape index (κ1) is 18.4. The number of amides is 2. The van der Waals surface area contributed by atoms with Crippen LogP contribution in [0.3, 0.4) is 0 Å². The maximum atomic E-state index is 12.0. The summed E-state index contributed by atoms with van der Waals surface area (Å²) >= 11 is 11.7. The van der Waals surface area contributed by atoms with E-state index in [4.69, 9.17) is 27.9 Å². The molecule has 0 radical (unpaired) electrons. The van der Waals surface area contributed by atoms with Crippen molar-refractivity contribution in [2.75, 3.05) is 31.2 Å². The zero-order valence-corrected chi connectivity index (χ0v) is 15.0. The van der Waals surface area contributed by atoms with Crippen molar-refractivity contribution in [1.82, 2.24) is 31.1 Å². The molecular weight excluding hydrogens is 385 g/mol. The van der Waals surface area contributed by atoms with Crippen molar-refractivity contribution >= 4 is 41.0 Å². The molecule has 0 unspecified atom stereocenters. The highest BCUT2D eigenvalue weighted by Gasteiger charge is 2.17. The quantitative estimate of drug-likeness (QED) is 0.709. The summed E-state index contributed by atoms with van der Waals surface area (Å²) in [5.41, 5.74) is 4.72. The number of ether oxygens (including phenoxy) is 1. The lowest BCUT2D eigenvalue weighted by Gasteiger charge is -2.24. The van der Waals surface area contributed by atoms with Crippen molar-refractivity contribution in [1.29, 1.82) is 0 Å². The molecule has 1 saturated heterocycles. The van der Waals surface area contributed by atoms with Crippen LogP contribution in [-0.2, 0) is 16.1 Å². The van der Waals surface area contributed by atoms with E-state index in [2.05, 4.69) is 26.3 Å². The second-order valence-electron chi connectivity index (χ2n) is 5.35. The van der Waals surface area contributed by atoms with E-state index >= 15 is 0 Å². The smallest absolute Gasteiger partial charge is 0.271 e. The SMILES string of the molecule is O=C(Cn1nnc(N2CCOCC2)n1)NNC(=O)c1ccc(Cl)cc1Cl. The number of hydrogen-bond acceptors (Lipinski definition) is 7. The second-order valence-corrected chi connectivity index (χ2v) is 6.19. The number of morpholine rings is 1. The van der Waals surface area contributed by atoms with Gasteiger partial charge < -0.3 is 9.64 Å². The lowest BCUT2D eigenvalue weighted by Crippen LogP contribution is -2.43. The number of benzene rings is 1. The zero-order chi connectivity index (χ0) is 18.5. The molecule has 10 nitrogen and oxygen atoms in total. The van der Waals surface area contributed by atoms with Gasteiger partial charge in [0.15, 0.2) is 0 Å². The Hall–Kier alpha value is -2.43. The number of rotatable bonds is 4. The van der Waals surface area contributed by atoms with Crippen LogP contribution in [0, 0.1) is 0 Å². The van der Waals surface area contributed by atoms with E-state index in [1.54, 1.807) is 0 Å². The van der Waals surface area contributed by atoms with Crippen LogP contribution < -0.4 is 15.8 Å². The van der Waals surface area contributed by atoms with Gasteiger partial charge in [-0.05, 0) is 23.4 Å². The molecule has 2 amide bonds. The summed E-state index contributed by atoms with van der Waals surface area (Å²) in [6.45, 7) is 2.31. The number of tetrazole rings is 1. The topological polar surface area (TPSA) is 114 Å². The van der Waals surface area contributed by atoms with Crippen LogP contribution in [0.4, 0.5) is 5.95 Å². The number of halogens is 2. The molecule has 2 N–H and O–H groups in total. The average Bonchev–Trinajstić information content (AvgIpc) is 3.09. The van der Waals surface area contributed by atoms with Crippen LogP contribution >= 0.6 is 23.2 Å². The van der Waals surface area contributed by atoms with E-state index < -0.39 is 11.8 Å². The fraction of sp³-hybridized carbons (Fsp3) is 0.357. The normalized spacial score (nSPS) is 14.2. The van der Waals surface area contributed by atoms with Crippen LogP contribution in [0.1, 0.15) is 10.4 Å². The van der Waals surface area contributed by atoms with Gasteiger partial charge in [-0.1, -0.05) is 28.3 Å². The maximum Gasteiger partial charge on any atom is 0.271 e. The first-order valence-corrected chi connectivity index (χ1v) is 8.43. The lowest BCUT2D eigenvalue weighted by atomic mass is 10.2. The van der Waals surface area contributed by atoms with Gasteiger partial charge in [-0.15, -0.1) is 5.10 Å². The van der Waals surface area contributed by atoms with Crippen molar-refractivity contribution < 1.29 is 14.3 Å². The minimum atomic E-state index is -0.569. The molecule has 2 heterocycles. The summed E-state index contributed by atoms with van der Waals surface area (Å²) in [4.78, 5) is 27.0. The number of anilines is 1. The molecule has 1 aromatic heterocycles. The van der Waals surface area contributed by atoms with E-state index in [1.165, 1.54) is 18.2 Å². The van der Waals surface area contributed by atoms with Crippen LogP contribution in [-0.4, -0.2) is 58.3 Å². The van der Waals surface area contributed by atoms with Crippen molar-refractivity contribution in [3.63, 3.8) is 0 Å². The van der Waals surface area contributed by atoms with Crippen molar-refractivity contribution in [3.8, 4) is 0 Å². The molecule has 2 aromatic rings. The first-order valence-electron chi connectivity index (χ1n) is 7.67. The predicted octanol–water partition coefficient (Wildman–Crippen LogP) is 0.278. The molecule has 1 aromatic carbocycles. The third-order valence-corrected chi connectivity index (χ3v) is 4.06. The average molecular weight is 400 g/mol. The van der Waals surface area contributed by atoms with E-state index in [0.29, 0.717) is 37.3 Å². The molecule has 12 heteroatoms. The Balaban J connectivity index is 1.51. The molecule has 0 saturated carbocycles. The molecular formula is C14H15Cl2N7O3. The van der Waals surface area contributed by atoms with E-state index in [-0.39, 0.29) is 17.1 Å². The second kappa shape index (κ2) is 8.30. The summed E-state index contributed by atoms with van der Waals surface area (Å²) in [6.07, 6.45) is 0. The summed E-state index contributed by atoms with van der Waals surface area (Å²) in [7, 11) is 0. The van der Waals surface area contributed by atoms with Crippen LogP contribution in [0.2, 0.25) is 10.0 Å². The summed E-state index contributed by atoms with van der Waals surface area (Å²) in [5, 5.41) is 12.5. The monoisotopic (exact) mass is 399 g/mol. The number of carbonyl (C=O) groups excluding carboxylic acids is 2. The summed E-state index contributed by atoms with van der Waals surface area (Å²) in [5.74, 6) is -0.659. The standard InChI is InChI=1S/C14H15Cl2N7O3/c15-9-1-2-10(11(16)7-9)13(25)18-17-12(24)8-23-20-14(19-21-23)22-3-5-26-6-4-22/h1-2,7H,3-6,8H2,(H,17,24)(H,18,25). The Kier molecular flexibility index (Phi) is 5.86. The third-order valence-electron chi connectivity index (χ3n) is 3.51. The van der Waals surface area contributed by atoms with Gasteiger partial charge in [0.05, 0.1) is 23.8 Å². The highest BCUT2D eigenvalue weighted by Crippen LogP contribution is 2.20. The Morgan fingerprint density at radius 1 is 1.19 bits per heavy atom. The fourth-order valence-electron chi connectivity index (χ4n) is 2.23. The molecule has 3 rings (SSSR count). The summed E-state index contributed by atoms with van der Waals surface area (Å²) < 4.78 is 5.25. The number of hydrogen-bond donors (Lipinski definition) is 2. The van der Waals surface area contributed by atoms with Gasteiger partial charge in [0.1, 0.15) is 6.54 Å². The van der Waals surface area contributed by atoms with Crippen molar-refractivity contribution in [3.05, 3.63) is 33.8 Å². The van der Waals surface area contributed by atoms with Gasteiger partial charge >= 0.3 is 0 Å². The summed E-state index contributed by atoms with van der Waals surface area (Å²) in [6, 6.07) is 4.42. The highest BCUT2D eigenvalue weighted by atomic mass is 35.5. The largest absolute Gasteiger partial charge is 0.378 e. The first-order chi connectivity index (χ1) is 12.5. The molecule has 0 spiro atoms. The van der Waals surface area contributed by atoms with Crippen LogP contribution in [0.15, 0.2) is 18.2 Å². The Labute approximate surface area is 158 Å². The highest BCUT2D eigenvalue weighted by molar-refractivity contribution is 6.36. The maximum absolute atomic E-state index is 12.0. The van der Waals surface area contributed by atoms with Gasteiger partial charge in [0.25, 0.3) is 17.8 Å². The van der Waals surface area contributed by atoms with Crippen LogP contribution in [0.25, 0.3) is 0 Å². The van der Waals surface area contributed by atoms with Crippen LogP contribution in [0.5, 0.6) is 0 Å². The minimum absolute atomic E-state index is 0.178. The Morgan fingerprint density at radius 2 is 1.96 bits per heavy atom. The predicted molar refractivity (Wildman–Crippen MR) is 92.9 cm³/mol. The molecule has 0 bridgehead atoms. The lowest BCUT2D eigenvalue weighted by molar-refractivity contribution is -0.122. The van der Waals surface area contributed by atoms with Crippen molar-refractivity contribution in [2.45, 2.75) is 6.54 Å². The Bertz CT molecular complexity index is 808. The molecule has 0 atom stereocenters. The number of aromatic nitrogens is 4. The minimum Gasteiger partial charge on any atom is -0.378 e. The zero-order valence-electron chi connectivity index (χ0n) is 13.5. The molecule has 138 valence electrons. The van der Waals surface area contributed by atoms with E-state index in [1.807, 2.05) is 4.90 Å². The van der Waals surface area contributed by atoms with E-state index in [9.17, 15) is 9.59 Å². The van der Waals surface area contributed by atoms with Gasteiger partial charge in [-0.25, -0.2) is 0 Å². The Morgan fingerprint density at radius 3 is 2.69 bits per heavy atom. The molecule has 1 fully saturated rings. The fourth-order valence-corrected chi connectivity index (χ4v) is 2.72. The molecule has 1 aliphatic heterocycles. The van der Waals surface area contributed by atoms with Gasteiger partial charge in [-0.3, -0.25) is 20.4 Å².